The van der Waals surface area contributed by atoms with E-state index < -0.39 is 12.0 Å². The highest BCUT2D eigenvalue weighted by Crippen LogP contribution is 2.14. The van der Waals surface area contributed by atoms with Gasteiger partial charge in [0.15, 0.2) is 0 Å². The second kappa shape index (κ2) is 11.7. The molecular weight excluding hydrogens is 428 g/mol. The summed E-state index contributed by atoms with van der Waals surface area (Å²) in [5.41, 5.74) is 1.00. The van der Waals surface area contributed by atoms with Crippen molar-refractivity contribution in [2.24, 2.45) is 0 Å². The first kappa shape index (κ1) is 23.8. The molecule has 0 spiro atoms. The van der Waals surface area contributed by atoms with Crippen molar-refractivity contribution in [3.05, 3.63) is 54.0 Å². The molecule has 3 amide bonds. The molecule has 2 heterocycles. The smallest absolute Gasteiger partial charge is 0.308 e. The number of amides is 3. The summed E-state index contributed by atoms with van der Waals surface area (Å²) in [5.74, 6) is -0.858. The molecule has 0 bridgehead atoms. The average Bonchev–Trinajstić information content (AvgIpc) is 3.35. The normalized spacial score (nSPS) is 15.5. The second-order valence-electron chi connectivity index (χ2n) is 7.51. The van der Waals surface area contributed by atoms with Gasteiger partial charge in [0.2, 0.25) is 11.8 Å². The van der Waals surface area contributed by atoms with E-state index in [4.69, 9.17) is 9.15 Å². The molecule has 3 N–H and O–H groups in total. The van der Waals surface area contributed by atoms with Crippen LogP contribution in [0.15, 0.2) is 47.1 Å². The molecule has 176 valence electrons. The molecule has 33 heavy (non-hydrogen) atoms. The van der Waals surface area contributed by atoms with Crippen LogP contribution in [0.4, 0.5) is 5.69 Å². The molecule has 1 aliphatic heterocycles. The predicted octanol–water partition coefficient (Wildman–Crippen LogP) is 1.29. The third-order valence-corrected chi connectivity index (χ3v) is 5.05. The molecule has 10 nitrogen and oxygen atoms in total. The molecule has 0 saturated carbocycles. The number of hydrogen-bond donors (Lipinski definition) is 3. The van der Waals surface area contributed by atoms with Crippen molar-refractivity contribution >= 4 is 29.4 Å². The third kappa shape index (κ3) is 6.83. The van der Waals surface area contributed by atoms with Gasteiger partial charge in [-0.2, -0.15) is 0 Å². The van der Waals surface area contributed by atoms with Crippen LogP contribution < -0.4 is 16.0 Å². The first-order valence-electron chi connectivity index (χ1n) is 10.8. The van der Waals surface area contributed by atoms with Crippen molar-refractivity contribution in [2.75, 3.05) is 31.6 Å². The summed E-state index contributed by atoms with van der Waals surface area (Å²) in [4.78, 5) is 50.9. The lowest BCUT2D eigenvalue weighted by molar-refractivity contribution is -0.151. The van der Waals surface area contributed by atoms with Gasteiger partial charge in [0.25, 0.3) is 5.91 Å². The Balaban J connectivity index is 1.56. The highest BCUT2D eigenvalue weighted by molar-refractivity contribution is 5.95. The minimum atomic E-state index is -0.906. The molecule has 1 atom stereocenters. The predicted molar refractivity (Wildman–Crippen MR) is 119 cm³/mol. The summed E-state index contributed by atoms with van der Waals surface area (Å²) in [6.45, 7) is 2.93. The van der Waals surface area contributed by atoms with Crippen LogP contribution in [0, 0.1) is 0 Å². The molecule has 1 aliphatic rings. The van der Waals surface area contributed by atoms with Gasteiger partial charge in [0.1, 0.15) is 11.8 Å². The van der Waals surface area contributed by atoms with Crippen LogP contribution in [0.1, 0.15) is 35.9 Å². The van der Waals surface area contributed by atoms with E-state index in [0.717, 1.165) is 0 Å². The number of ether oxygens (including phenoxy) is 1. The summed E-state index contributed by atoms with van der Waals surface area (Å²) < 4.78 is 10.3. The Labute approximate surface area is 191 Å². The van der Waals surface area contributed by atoms with E-state index in [1.807, 2.05) is 6.92 Å². The van der Waals surface area contributed by atoms with Crippen LogP contribution in [0.2, 0.25) is 0 Å². The van der Waals surface area contributed by atoms with E-state index in [-0.39, 0.29) is 43.8 Å². The summed E-state index contributed by atoms with van der Waals surface area (Å²) in [5, 5.41) is 8.44. The summed E-state index contributed by atoms with van der Waals surface area (Å²) in [6.07, 6.45) is 2.02. The minimum absolute atomic E-state index is 0.0920. The molecule has 1 saturated heterocycles. The number of piperazine rings is 1. The third-order valence-electron chi connectivity index (χ3n) is 5.05. The Morgan fingerprint density at radius 2 is 2.09 bits per heavy atom. The molecule has 1 fully saturated rings. The highest BCUT2D eigenvalue weighted by Gasteiger charge is 2.34. The van der Waals surface area contributed by atoms with Crippen LogP contribution in [-0.2, 0) is 25.7 Å². The first-order valence-corrected chi connectivity index (χ1v) is 10.8. The first-order chi connectivity index (χ1) is 16.0. The number of hydrogen-bond acceptors (Lipinski definition) is 7. The van der Waals surface area contributed by atoms with Crippen molar-refractivity contribution in [2.45, 2.75) is 32.4 Å². The standard InChI is InChI=1S/C23H28N4O6/c1-2-10-33-21(29)13-19-23(31)24-8-9-27(19)20(28)15-25-17-6-3-5-16(12-17)22(30)26-14-18-7-4-11-32-18/h3-7,11-12,19,25H,2,8-10,13-15H2,1H3,(H,24,31)(H,26,30). The van der Waals surface area contributed by atoms with Crippen molar-refractivity contribution in [1.82, 2.24) is 15.5 Å². The van der Waals surface area contributed by atoms with Gasteiger partial charge in [0, 0.05) is 24.3 Å². The number of benzene rings is 1. The second-order valence-corrected chi connectivity index (χ2v) is 7.51. The Morgan fingerprint density at radius 3 is 2.85 bits per heavy atom. The average molecular weight is 456 g/mol. The number of esters is 1. The molecule has 3 rings (SSSR count). The van der Waals surface area contributed by atoms with Crippen LogP contribution >= 0.6 is 0 Å². The number of nitrogens with one attached hydrogen (secondary N) is 3. The van der Waals surface area contributed by atoms with Gasteiger partial charge in [-0.15, -0.1) is 0 Å². The number of anilines is 1. The largest absolute Gasteiger partial charge is 0.467 e. The van der Waals surface area contributed by atoms with Gasteiger partial charge in [-0.3, -0.25) is 19.2 Å². The Bertz CT molecular complexity index is 975. The van der Waals surface area contributed by atoms with E-state index in [1.54, 1.807) is 36.4 Å². The number of carbonyl (C=O) groups is 4. The van der Waals surface area contributed by atoms with Gasteiger partial charge in [-0.05, 0) is 36.8 Å². The lowest BCUT2D eigenvalue weighted by atomic mass is 10.1. The Hall–Kier alpha value is -3.82. The molecule has 1 aromatic heterocycles. The van der Waals surface area contributed by atoms with E-state index in [2.05, 4.69) is 16.0 Å². The Kier molecular flexibility index (Phi) is 8.45. The zero-order valence-electron chi connectivity index (χ0n) is 18.5. The van der Waals surface area contributed by atoms with Gasteiger partial charge >= 0.3 is 5.97 Å². The van der Waals surface area contributed by atoms with Crippen LogP contribution in [0.25, 0.3) is 0 Å². The SMILES string of the molecule is CCCOC(=O)CC1C(=O)NCCN1C(=O)CNc1cccc(C(=O)NCc2ccco2)c1. The van der Waals surface area contributed by atoms with Gasteiger partial charge in [-0.25, -0.2) is 0 Å². The van der Waals surface area contributed by atoms with E-state index >= 15 is 0 Å². The summed E-state index contributed by atoms with van der Waals surface area (Å²) in [6, 6.07) is 9.34. The van der Waals surface area contributed by atoms with E-state index in [0.29, 0.717) is 36.5 Å². The lowest BCUT2D eigenvalue weighted by Gasteiger charge is -2.34. The number of nitrogens with zero attached hydrogens (tertiary/aromatic N) is 1. The van der Waals surface area contributed by atoms with Crippen molar-refractivity contribution < 1.29 is 28.3 Å². The van der Waals surface area contributed by atoms with E-state index in [9.17, 15) is 19.2 Å². The van der Waals surface area contributed by atoms with E-state index in [1.165, 1.54) is 11.2 Å². The zero-order valence-corrected chi connectivity index (χ0v) is 18.5. The maximum atomic E-state index is 12.8. The fourth-order valence-electron chi connectivity index (χ4n) is 3.38. The molecular formula is C23H28N4O6. The maximum absolute atomic E-state index is 12.8. The number of rotatable bonds is 10. The topological polar surface area (TPSA) is 130 Å². The van der Waals surface area contributed by atoms with Gasteiger partial charge in [0.05, 0.1) is 32.4 Å². The zero-order chi connectivity index (χ0) is 23.6. The highest BCUT2D eigenvalue weighted by atomic mass is 16.5. The molecule has 10 heteroatoms. The van der Waals surface area contributed by atoms with Gasteiger partial charge in [-0.1, -0.05) is 13.0 Å². The molecule has 1 aromatic carbocycles. The molecule has 1 unspecified atom stereocenters. The quantitative estimate of drug-likeness (QED) is 0.459. The molecule has 2 aromatic rings. The monoisotopic (exact) mass is 456 g/mol. The van der Waals surface area contributed by atoms with Crippen LogP contribution in [0.5, 0.6) is 0 Å². The fraction of sp³-hybridized carbons (Fsp3) is 0.391. The lowest BCUT2D eigenvalue weighted by Crippen LogP contribution is -2.58. The van der Waals surface area contributed by atoms with Crippen molar-refractivity contribution in [3.63, 3.8) is 0 Å². The number of furan rings is 1. The number of carbonyl (C=O) groups excluding carboxylic acids is 4. The molecule has 0 radical (unpaired) electrons. The maximum Gasteiger partial charge on any atom is 0.308 e. The Morgan fingerprint density at radius 1 is 1.24 bits per heavy atom. The minimum Gasteiger partial charge on any atom is -0.467 e. The van der Waals surface area contributed by atoms with Crippen LogP contribution in [0.3, 0.4) is 0 Å². The molecule has 0 aliphatic carbocycles. The summed E-state index contributed by atoms with van der Waals surface area (Å²) in [7, 11) is 0. The van der Waals surface area contributed by atoms with Crippen molar-refractivity contribution in [3.8, 4) is 0 Å². The fourth-order valence-corrected chi connectivity index (χ4v) is 3.38. The summed E-state index contributed by atoms with van der Waals surface area (Å²) >= 11 is 0. The van der Waals surface area contributed by atoms with Gasteiger partial charge < -0.3 is 30.0 Å². The van der Waals surface area contributed by atoms with Crippen molar-refractivity contribution in [1.29, 1.82) is 0 Å². The van der Waals surface area contributed by atoms with Crippen LogP contribution in [-0.4, -0.2) is 60.9 Å².